The van der Waals surface area contributed by atoms with E-state index in [4.69, 9.17) is 4.74 Å². The number of aryl methyl sites for hydroxylation is 1. The predicted molar refractivity (Wildman–Crippen MR) is 79.2 cm³/mol. The van der Waals surface area contributed by atoms with Crippen molar-refractivity contribution < 1.29 is 9.53 Å². The molecule has 1 N–H and O–H groups in total. The highest BCUT2D eigenvalue weighted by molar-refractivity contribution is 5.81. The average Bonchev–Trinajstić information content (AvgIpc) is 3.01. The van der Waals surface area contributed by atoms with Crippen molar-refractivity contribution in [3.8, 4) is 5.75 Å². The summed E-state index contributed by atoms with van der Waals surface area (Å²) in [5.41, 5.74) is 2.36. The van der Waals surface area contributed by atoms with E-state index in [1.165, 1.54) is 5.56 Å². The largest absolute Gasteiger partial charge is 0.479 e. The van der Waals surface area contributed by atoms with Crippen LogP contribution in [-0.4, -0.2) is 36.5 Å². The molecule has 2 aliphatic heterocycles. The number of carbonyl (C=O) groups excluding carboxylic acids is 1. The van der Waals surface area contributed by atoms with Gasteiger partial charge in [-0.25, -0.2) is 0 Å². The van der Waals surface area contributed by atoms with E-state index in [1.54, 1.807) is 0 Å². The molecule has 1 aromatic carbocycles. The van der Waals surface area contributed by atoms with E-state index in [1.807, 2.05) is 24.0 Å². The Hall–Kier alpha value is -1.71. The van der Waals surface area contributed by atoms with Crippen molar-refractivity contribution in [2.45, 2.75) is 38.7 Å². The first-order valence-electron chi connectivity index (χ1n) is 7.57. The van der Waals surface area contributed by atoms with Gasteiger partial charge >= 0.3 is 0 Å². The van der Waals surface area contributed by atoms with Crippen molar-refractivity contribution in [1.29, 1.82) is 0 Å². The minimum atomic E-state index is -0.414. The number of ether oxygens (including phenoxy) is 1. The Bertz CT molecular complexity index is 495. The third kappa shape index (κ3) is 2.60. The van der Waals surface area contributed by atoms with Gasteiger partial charge in [0.05, 0.1) is 5.69 Å². The van der Waals surface area contributed by atoms with Crippen LogP contribution in [0.2, 0.25) is 0 Å². The highest BCUT2D eigenvalue weighted by atomic mass is 16.5. The molecule has 1 amide bonds. The number of hydrogen-bond donors (Lipinski definition) is 1. The number of benzene rings is 1. The lowest BCUT2D eigenvalue weighted by molar-refractivity contribution is -0.136. The van der Waals surface area contributed by atoms with Crippen molar-refractivity contribution in [2.75, 3.05) is 25.0 Å². The van der Waals surface area contributed by atoms with Crippen molar-refractivity contribution in [2.24, 2.45) is 0 Å². The Kier molecular flexibility index (Phi) is 3.81. The number of carbonyl (C=O) groups is 1. The molecule has 0 radical (unpaired) electrons. The predicted octanol–water partition coefficient (Wildman–Crippen LogP) is 2.43. The molecule has 4 nitrogen and oxygen atoms in total. The first-order chi connectivity index (χ1) is 9.75. The number of amides is 1. The Morgan fingerprint density at radius 3 is 2.90 bits per heavy atom. The highest BCUT2D eigenvalue weighted by Gasteiger charge is 2.25. The molecule has 1 saturated heterocycles. The fraction of sp³-hybridized carbons (Fsp3) is 0.562. The summed E-state index contributed by atoms with van der Waals surface area (Å²) in [6.07, 6.45) is 4.04. The van der Waals surface area contributed by atoms with Crippen molar-refractivity contribution in [3.05, 3.63) is 23.8 Å². The van der Waals surface area contributed by atoms with E-state index in [0.717, 1.165) is 56.8 Å². The number of hydrogen-bond acceptors (Lipinski definition) is 3. The second-order valence-corrected chi connectivity index (χ2v) is 5.61. The maximum Gasteiger partial charge on any atom is 0.263 e. The summed E-state index contributed by atoms with van der Waals surface area (Å²) in [6, 6.07) is 6.08. The quantitative estimate of drug-likeness (QED) is 0.920. The number of para-hydroxylation sites is 1. The number of nitrogens with zero attached hydrogens (tertiary/aromatic N) is 1. The second kappa shape index (κ2) is 5.73. The zero-order chi connectivity index (χ0) is 13.9. The van der Waals surface area contributed by atoms with Gasteiger partial charge in [0.2, 0.25) is 0 Å². The Labute approximate surface area is 120 Å². The van der Waals surface area contributed by atoms with Crippen LogP contribution in [-0.2, 0) is 11.2 Å². The number of fused-ring (bicyclic) bond motifs is 1. The molecular weight excluding hydrogens is 252 g/mol. The molecule has 1 atom stereocenters. The minimum absolute atomic E-state index is 0.107. The molecule has 1 unspecified atom stereocenters. The monoisotopic (exact) mass is 274 g/mol. The number of anilines is 1. The van der Waals surface area contributed by atoms with Crippen molar-refractivity contribution in [3.63, 3.8) is 0 Å². The van der Waals surface area contributed by atoms with Crippen LogP contribution in [0.1, 0.15) is 31.7 Å². The summed E-state index contributed by atoms with van der Waals surface area (Å²) in [7, 11) is 0. The van der Waals surface area contributed by atoms with Crippen LogP contribution in [0.25, 0.3) is 0 Å². The van der Waals surface area contributed by atoms with E-state index in [9.17, 15) is 4.79 Å². The standard InChI is InChI=1S/C16H22N2O2/c1-12(16(19)18-10-2-3-11-18)20-14-8-4-6-13-7-5-9-17-15(13)14/h4,6,8,12,17H,2-3,5,7,9-11H2,1H3. The van der Waals surface area contributed by atoms with Crippen LogP contribution in [0.4, 0.5) is 5.69 Å². The lowest BCUT2D eigenvalue weighted by Crippen LogP contribution is -2.38. The van der Waals surface area contributed by atoms with Gasteiger partial charge in [-0.15, -0.1) is 0 Å². The van der Waals surface area contributed by atoms with Gasteiger partial charge in [0.1, 0.15) is 5.75 Å². The Balaban J connectivity index is 1.72. The molecule has 1 aromatic rings. The van der Waals surface area contributed by atoms with Crippen LogP contribution < -0.4 is 10.1 Å². The van der Waals surface area contributed by atoms with E-state index in [0.29, 0.717) is 0 Å². The number of rotatable bonds is 3. The summed E-state index contributed by atoms with van der Waals surface area (Å²) in [4.78, 5) is 14.2. The topological polar surface area (TPSA) is 41.6 Å². The smallest absolute Gasteiger partial charge is 0.263 e. The van der Waals surface area contributed by atoms with Crippen molar-refractivity contribution >= 4 is 11.6 Å². The molecule has 0 spiro atoms. The normalized spacial score (nSPS) is 19.1. The van der Waals surface area contributed by atoms with E-state index < -0.39 is 6.10 Å². The summed E-state index contributed by atoms with van der Waals surface area (Å²) >= 11 is 0. The fourth-order valence-electron chi connectivity index (χ4n) is 3.01. The molecular formula is C16H22N2O2. The van der Waals surface area contributed by atoms with Gasteiger partial charge in [0, 0.05) is 19.6 Å². The van der Waals surface area contributed by atoms with Gasteiger partial charge in [0.25, 0.3) is 5.91 Å². The lowest BCUT2D eigenvalue weighted by Gasteiger charge is -2.25. The molecule has 2 heterocycles. The van der Waals surface area contributed by atoms with Gasteiger partial charge in [-0.2, -0.15) is 0 Å². The minimum Gasteiger partial charge on any atom is -0.479 e. The van der Waals surface area contributed by atoms with Gasteiger partial charge in [-0.3, -0.25) is 4.79 Å². The van der Waals surface area contributed by atoms with Crippen molar-refractivity contribution in [1.82, 2.24) is 4.90 Å². The van der Waals surface area contributed by atoms with Crippen LogP contribution in [0, 0.1) is 0 Å². The zero-order valence-electron chi connectivity index (χ0n) is 12.0. The lowest BCUT2D eigenvalue weighted by atomic mass is 10.0. The molecule has 108 valence electrons. The van der Waals surface area contributed by atoms with E-state index in [2.05, 4.69) is 11.4 Å². The van der Waals surface area contributed by atoms with Crippen LogP contribution in [0.5, 0.6) is 5.75 Å². The molecule has 0 aliphatic carbocycles. The van der Waals surface area contributed by atoms with E-state index >= 15 is 0 Å². The SMILES string of the molecule is CC(Oc1cccc2c1NCCC2)C(=O)N1CCCC1. The first-order valence-corrected chi connectivity index (χ1v) is 7.57. The average molecular weight is 274 g/mol. The Morgan fingerprint density at radius 1 is 1.30 bits per heavy atom. The molecule has 0 aromatic heterocycles. The molecule has 0 bridgehead atoms. The third-order valence-corrected chi connectivity index (χ3v) is 4.11. The second-order valence-electron chi connectivity index (χ2n) is 5.61. The van der Waals surface area contributed by atoms with Gasteiger partial charge in [-0.05, 0) is 44.2 Å². The summed E-state index contributed by atoms with van der Waals surface area (Å²) in [5, 5.41) is 3.40. The molecule has 20 heavy (non-hydrogen) atoms. The first kappa shape index (κ1) is 13.3. The van der Waals surface area contributed by atoms with Crippen LogP contribution in [0.3, 0.4) is 0 Å². The summed E-state index contributed by atoms with van der Waals surface area (Å²) in [5.74, 6) is 0.915. The molecule has 2 aliphatic rings. The zero-order valence-corrected chi connectivity index (χ0v) is 12.0. The maximum absolute atomic E-state index is 12.3. The van der Waals surface area contributed by atoms with Gasteiger partial charge in [-0.1, -0.05) is 12.1 Å². The fourth-order valence-corrected chi connectivity index (χ4v) is 3.01. The van der Waals surface area contributed by atoms with Gasteiger partial charge < -0.3 is 15.0 Å². The molecule has 1 fully saturated rings. The molecule has 3 rings (SSSR count). The van der Waals surface area contributed by atoms with Gasteiger partial charge in [0.15, 0.2) is 6.10 Å². The number of likely N-dealkylation sites (tertiary alicyclic amines) is 1. The summed E-state index contributed by atoms with van der Waals surface area (Å²) in [6.45, 7) is 4.57. The molecule has 4 heteroatoms. The summed E-state index contributed by atoms with van der Waals surface area (Å²) < 4.78 is 5.93. The molecule has 0 saturated carbocycles. The third-order valence-electron chi connectivity index (χ3n) is 4.11. The van der Waals surface area contributed by atoms with Crippen LogP contribution in [0.15, 0.2) is 18.2 Å². The van der Waals surface area contributed by atoms with E-state index in [-0.39, 0.29) is 5.91 Å². The maximum atomic E-state index is 12.3. The number of nitrogens with one attached hydrogen (secondary N) is 1. The van der Waals surface area contributed by atoms with Crippen LogP contribution >= 0.6 is 0 Å². The highest BCUT2D eigenvalue weighted by Crippen LogP contribution is 2.32. The Morgan fingerprint density at radius 2 is 2.10 bits per heavy atom.